The van der Waals surface area contributed by atoms with Crippen LogP contribution in [0.3, 0.4) is 0 Å². The number of hydrogen-bond acceptors (Lipinski definition) is 3. The number of carbonyl (C=O) groups is 1. The summed E-state index contributed by atoms with van der Waals surface area (Å²) in [6, 6.07) is 8.16. The molecule has 0 aromatic heterocycles. The second-order valence-electron chi connectivity index (χ2n) is 3.99. The highest BCUT2D eigenvalue weighted by Gasteiger charge is 2.14. The molecule has 1 aromatic rings. The molecule has 0 radical (unpaired) electrons. The standard InChI is InChI=1S/C13H17NO2/c1-2-16-13(15)10-11-4-6-12(7-5-11)14-8-3-9-14/h4-7H,2-3,8-10H2,1H3. The molecule has 1 aliphatic rings. The van der Waals surface area contributed by atoms with Crippen molar-refractivity contribution in [2.45, 2.75) is 19.8 Å². The third-order valence-corrected chi connectivity index (χ3v) is 2.81. The summed E-state index contributed by atoms with van der Waals surface area (Å²) in [6.07, 6.45) is 1.65. The first-order chi connectivity index (χ1) is 7.79. The Morgan fingerprint density at radius 2 is 2.00 bits per heavy atom. The minimum atomic E-state index is -0.154. The Kier molecular flexibility index (Phi) is 3.44. The Balaban J connectivity index is 1.93. The number of benzene rings is 1. The highest BCUT2D eigenvalue weighted by molar-refractivity contribution is 5.72. The smallest absolute Gasteiger partial charge is 0.310 e. The van der Waals surface area contributed by atoms with E-state index in [-0.39, 0.29) is 5.97 Å². The molecule has 1 saturated heterocycles. The Bertz CT molecular complexity index is 355. The molecule has 86 valence electrons. The number of esters is 1. The zero-order chi connectivity index (χ0) is 11.4. The van der Waals surface area contributed by atoms with Crippen LogP contribution in [-0.4, -0.2) is 25.7 Å². The number of hydrogen-bond donors (Lipinski definition) is 0. The van der Waals surface area contributed by atoms with Crippen molar-refractivity contribution < 1.29 is 9.53 Å². The van der Waals surface area contributed by atoms with Gasteiger partial charge in [-0.05, 0) is 31.0 Å². The van der Waals surface area contributed by atoms with Gasteiger partial charge in [0.2, 0.25) is 0 Å². The van der Waals surface area contributed by atoms with Crippen LogP contribution in [0.2, 0.25) is 0 Å². The molecule has 1 aliphatic heterocycles. The van der Waals surface area contributed by atoms with Crippen molar-refractivity contribution >= 4 is 11.7 Å². The number of carbonyl (C=O) groups excluding carboxylic acids is 1. The van der Waals surface area contributed by atoms with E-state index in [9.17, 15) is 4.79 Å². The summed E-state index contributed by atoms with van der Waals surface area (Å²) in [6.45, 7) is 4.57. The molecule has 0 spiro atoms. The fourth-order valence-electron chi connectivity index (χ4n) is 1.78. The molecule has 0 atom stereocenters. The molecule has 0 bridgehead atoms. The van der Waals surface area contributed by atoms with E-state index < -0.39 is 0 Å². The van der Waals surface area contributed by atoms with E-state index in [1.807, 2.05) is 19.1 Å². The maximum absolute atomic E-state index is 11.3. The van der Waals surface area contributed by atoms with Gasteiger partial charge in [0.05, 0.1) is 13.0 Å². The quantitative estimate of drug-likeness (QED) is 0.725. The monoisotopic (exact) mass is 219 g/mol. The Morgan fingerprint density at radius 1 is 1.31 bits per heavy atom. The predicted molar refractivity (Wildman–Crippen MR) is 63.6 cm³/mol. The number of nitrogens with zero attached hydrogens (tertiary/aromatic N) is 1. The van der Waals surface area contributed by atoms with E-state index in [0.29, 0.717) is 13.0 Å². The van der Waals surface area contributed by atoms with Crippen molar-refractivity contribution in [3.05, 3.63) is 29.8 Å². The molecule has 0 N–H and O–H groups in total. The lowest BCUT2D eigenvalue weighted by Crippen LogP contribution is -2.36. The van der Waals surface area contributed by atoms with E-state index in [2.05, 4.69) is 17.0 Å². The first-order valence-corrected chi connectivity index (χ1v) is 5.79. The number of rotatable bonds is 4. The van der Waals surface area contributed by atoms with Gasteiger partial charge in [0.1, 0.15) is 0 Å². The summed E-state index contributed by atoms with van der Waals surface area (Å²) in [5.41, 5.74) is 2.27. The molecule has 3 heteroatoms. The topological polar surface area (TPSA) is 29.5 Å². The van der Waals surface area contributed by atoms with Crippen LogP contribution in [0.4, 0.5) is 5.69 Å². The molecule has 0 saturated carbocycles. The maximum Gasteiger partial charge on any atom is 0.310 e. The number of anilines is 1. The maximum atomic E-state index is 11.3. The van der Waals surface area contributed by atoms with Crippen LogP contribution in [0.1, 0.15) is 18.9 Å². The van der Waals surface area contributed by atoms with Crippen LogP contribution < -0.4 is 4.90 Å². The van der Waals surface area contributed by atoms with Crippen molar-refractivity contribution in [2.24, 2.45) is 0 Å². The third-order valence-electron chi connectivity index (χ3n) is 2.81. The van der Waals surface area contributed by atoms with E-state index in [0.717, 1.165) is 18.7 Å². The summed E-state index contributed by atoms with van der Waals surface area (Å²) in [7, 11) is 0. The molecule has 3 nitrogen and oxygen atoms in total. The van der Waals surface area contributed by atoms with Crippen molar-refractivity contribution in [3.8, 4) is 0 Å². The molecule has 16 heavy (non-hydrogen) atoms. The second kappa shape index (κ2) is 5.01. The van der Waals surface area contributed by atoms with E-state index in [4.69, 9.17) is 4.74 Å². The van der Waals surface area contributed by atoms with Crippen LogP contribution >= 0.6 is 0 Å². The van der Waals surface area contributed by atoms with Gasteiger partial charge in [-0.1, -0.05) is 12.1 Å². The molecule has 0 unspecified atom stereocenters. The zero-order valence-electron chi connectivity index (χ0n) is 9.61. The summed E-state index contributed by atoms with van der Waals surface area (Å²) in [4.78, 5) is 13.6. The lowest BCUT2D eigenvalue weighted by atomic mass is 10.1. The molecular formula is C13H17NO2. The van der Waals surface area contributed by atoms with Gasteiger partial charge in [0.15, 0.2) is 0 Å². The molecule has 1 aromatic carbocycles. The fourth-order valence-corrected chi connectivity index (χ4v) is 1.78. The fraction of sp³-hybridized carbons (Fsp3) is 0.462. The van der Waals surface area contributed by atoms with Crippen LogP contribution in [0.25, 0.3) is 0 Å². The molecule has 1 heterocycles. The summed E-state index contributed by atoms with van der Waals surface area (Å²) in [5, 5.41) is 0. The van der Waals surface area contributed by atoms with Gasteiger partial charge in [-0.25, -0.2) is 0 Å². The molecule has 0 aliphatic carbocycles. The second-order valence-corrected chi connectivity index (χ2v) is 3.99. The van der Waals surface area contributed by atoms with Crippen LogP contribution in [-0.2, 0) is 16.0 Å². The molecule has 0 amide bonds. The highest BCUT2D eigenvalue weighted by Crippen LogP contribution is 2.20. The highest BCUT2D eigenvalue weighted by atomic mass is 16.5. The number of ether oxygens (including phenoxy) is 1. The van der Waals surface area contributed by atoms with Crippen LogP contribution in [0.15, 0.2) is 24.3 Å². The lowest BCUT2D eigenvalue weighted by molar-refractivity contribution is -0.142. The Labute approximate surface area is 96.0 Å². The van der Waals surface area contributed by atoms with E-state index >= 15 is 0 Å². The average Bonchev–Trinajstić information content (AvgIpc) is 2.18. The Morgan fingerprint density at radius 3 is 2.50 bits per heavy atom. The average molecular weight is 219 g/mol. The first kappa shape index (κ1) is 11.0. The van der Waals surface area contributed by atoms with Gasteiger partial charge in [0.25, 0.3) is 0 Å². The summed E-state index contributed by atoms with van der Waals surface area (Å²) in [5.74, 6) is -0.154. The van der Waals surface area contributed by atoms with Crippen molar-refractivity contribution in [2.75, 3.05) is 24.6 Å². The van der Waals surface area contributed by atoms with Gasteiger partial charge < -0.3 is 9.64 Å². The predicted octanol–water partition coefficient (Wildman–Crippen LogP) is 2.00. The Hall–Kier alpha value is -1.51. The van der Waals surface area contributed by atoms with Gasteiger partial charge in [-0.2, -0.15) is 0 Å². The summed E-state index contributed by atoms with van der Waals surface area (Å²) >= 11 is 0. The largest absolute Gasteiger partial charge is 0.466 e. The van der Waals surface area contributed by atoms with Gasteiger partial charge in [-0.3, -0.25) is 4.79 Å². The van der Waals surface area contributed by atoms with E-state index in [1.165, 1.54) is 12.1 Å². The minimum Gasteiger partial charge on any atom is -0.466 e. The molecular weight excluding hydrogens is 202 g/mol. The minimum absolute atomic E-state index is 0.154. The molecule has 1 fully saturated rings. The molecule has 2 rings (SSSR count). The third kappa shape index (κ3) is 2.54. The van der Waals surface area contributed by atoms with Gasteiger partial charge in [-0.15, -0.1) is 0 Å². The van der Waals surface area contributed by atoms with E-state index in [1.54, 1.807) is 0 Å². The SMILES string of the molecule is CCOC(=O)Cc1ccc(N2CCC2)cc1. The van der Waals surface area contributed by atoms with Gasteiger partial charge in [0, 0.05) is 18.8 Å². The zero-order valence-corrected chi connectivity index (χ0v) is 9.61. The van der Waals surface area contributed by atoms with Gasteiger partial charge >= 0.3 is 5.97 Å². The van der Waals surface area contributed by atoms with Crippen LogP contribution in [0, 0.1) is 0 Å². The van der Waals surface area contributed by atoms with Crippen molar-refractivity contribution in [1.82, 2.24) is 0 Å². The first-order valence-electron chi connectivity index (χ1n) is 5.79. The van der Waals surface area contributed by atoms with Crippen molar-refractivity contribution in [1.29, 1.82) is 0 Å². The lowest BCUT2D eigenvalue weighted by Gasteiger charge is -2.33. The van der Waals surface area contributed by atoms with Crippen molar-refractivity contribution in [3.63, 3.8) is 0 Å². The summed E-state index contributed by atoms with van der Waals surface area (Å²) < 4.78 is 4.91. The normalized spacial score (nSPS) is 14.4. The van der Waals surface area contributed by atoms with Crippen LogP contribution in [0.5, 0.6) is 0 Å².